The average molecular weight is 541 g/mol. The summed E-state index contributed by atoms with van der Waals surface area (Å²) < 4.78 is 0. The van der Waals surface area contributed by atoms with Gasteiger partial charge in [0.2, 0.25) is 0 Å². The molecule has 39 heavy (non-hydrogen) atoms. The smallest absolute Gasteiger partial charge is 0.119 e. The largest absolute Gasteiger partial charge is 0.352 e. The number of benzene rings is 2. The first-order chi connectivity index (χ1) is 18.8. The van der Waals surface area contributed by atoms with Gasteiger partial charge in [0.05, 0.1) is 0 Å². The van der Waals surface area contributed by atoms with Crippen molar-refractivity contribution in [1.82, 2.24) is 0 Å². The van der Waals surface area contributed by atoms with Crippen molar-refractivity contribution in [3.63, 3.8) is 0 Å². The highest BCUT2D eigenvalue weighted by atomic mass is 32.2. The fourth-order valence-electron chi connectivity index (χ4n) is 7.31. The highest BCUT2D eigenvalue weighted by Crippen LogP contribution is 2.62. The Morgan fingerprint density at radius 3 is 2.56 bits per heavy atom. The number of aldehydes is 1. The van der Waals surface area contributed by atoms with Gasteiger partial charge < -0.3 is 14.6 Å². The van der Waals surface area contributed by atoms with Crippen molar-refractivity contribution in [2.45, 2.75) is 82.4 Å². The van der Waals surface area contributed by atoms with Gasteiger partial charge in [0, 0.05) is 47.4 Å². The maximum atomic E-state index is 11.0. The summed E-state index contributed by atoms with van der Waals surface area (Å²) in [5.41, 5.74) is 8.33. The van der Waals surface area contributed by atoms with Crippen LogP contribution in [-0.2, 0) is 15.6 Å². The van der Waals surface area contributed by atoms with Crippen molar-refractivity contribution in [1.29, 1.82) is 0 Å². The Labute approximate surface area is 240 Å². The van der Waals surface area contributed by atoms with Crippen LogP contribution in [0, 0.1) is 6.92 Å². The summed E-state index contributed by atoms with van der Waals surface area (Å²) in [5, 5.41) is 0. The van der Waals surface area contributed by atoms with Crippen LogP contribution in [0.25, 0.3) is 0 Å². The maximum Gasteiger partial charge on any atom is 0.119 e. The van der Waals surface area contributed by atoms with Crippen LogP contribution in [0.4, 0.5) is 11.4 Å². The van der Waals surface area contributed by atoms with Crippen LogP contribution in [-0.4, -0.2) is 30.0 Å². The van der Waals surface area contributed by atoms with E-state index in [0.29, 0.717) is 6.42 Å². The molecule has 3 nitrogen and oxygen atoms in total. The fourth-order valence-corrected chi connectivity index (χ4v) is 8.93. The number of fused-ring (bicyclic) bond motifs is 4. The van der Waals surface area contributed by atoms with E-state index in [0.717, 1.165) is 38.6 Å². The summed E-state index contributed by atoms with van der Waals surface area (Å²) in [5.74, 6) is 1.17. The van der Waals surface area contributed by atoms with Crippen LogP contribution in [0.1, 0.15) is 76.5 Å². The molecule has 1 saturated heterocycles. The van der Waals surface area contributed by atoms with Crippen molar-refractivity contribution in [2.75, 3.05) is 28.6 Å². The highest BCUT2D eigenvalue weighted by molar-refractivity contribution is 8.01. The van der Waals surface area contributed by atoms with Crippen molar-refractivity contribution in [3.05, 3.63) is 95.2 Å². The summed E-state index contributed by atoms with van der Waals surface area (Å²) in [6.07, 6.45) is 17.6. The number of likely N-dealkylation sites (N-methyl/N-ethyl adjacent to an activating group) is 1. The molecule has 2 atom stereocenters. The van der Waals surface area contributed by atoms with E-state index in [-0.39, 0.29) is 15.7 Å². The molecule has 5 rings (SSSR count). The lowest BCUT2D eigenvalue weighted by molar-refractivity contribution is -0.107. The number of thioether (sulfide) groups is 1. The zero-order valence-electron chi connectivity index (χ0n) is 24.4. The third-order valence-electron chi connectivity index (χ3n) is 9.30. The summed E-state index contributed by atoms with van der Waals surface area (Å²) in [4.78, 5) is 16.1. The van der Waals surface area contributed by atoms with E-state index in [9.17, 15) is 4.79 Å². The predicted molar refractivity (Wildman–Crippen MR) is 169 cm³/mol. The first-order valence-electron chi connectivity index (χ1n) is 14.7. The highest BCUT2D eigenvalue weighted by Gasteiger charge is 2.59. The van der Waals surface area contributed by atoms with Crippen molar-refractivity contribution >= 4 is 29.4 Å². The molecule has 0 amide bonds. The normalized spacial score (nSPS) is 26.4. The van der Waals surface area contributed by atoms with E-state index in [2.05, 4.69) is 129 Å². The lowest BCUT2D eigenvalue weighted by Gasteiger charge is -2.50. The summed E-state index contributed by atoms with van der Waals surface area (Å²) in [6, 6.07) is 15.7. The molecule has 2 aromatic carbocycles. The molecule has 1 fully saturated rings. The zero-order valence-corrected chi connectivity index (χ0v) is 25.2. The van der Waals surface area contributed by atoms with Gasteiger partial charge in [-0.25, -0.2) is 0 Å². The molecule has 206 valence electrons. The van der Waals surface area contributed by atoms with Crippen LogP contribution in [0.15, 0.2) is 78.5 Å². The maximum absolute atomic E-state index is 11.0. The fraction of sp³-hybridized carbons (Fsp3) is 0.457. The van der Waals surface area contributed by atoms with Crippen LogP contribution >= 0.6 is 11.8 Å². The Morgan fingerprint density at radius 1 is 0.974 bits per heavy atom. The molecule has 0 bridgehead atoms. The minimum Gasteiger partial charge on any atom is -0.352 e. The van der Waals surface area contributed by atoms with Gasteiger partial charge in [-0.05, 0) is 73.8 Å². The van der Waals surface area contributed by atoms with Crippen LogP contribution < -0.4 is 9.80 Å². The summed E-state index contributed by atoms with van der Waals surface area (Å²) in [6.45, 7) is 13.7. The van der Waals surface area contributed by atoms with E-state index in [1.807, 2.05) is 0 Å². The number of anilines is 2. The number of para-hydroxylation sites is 2. The second-order valence-electron chi connectivity index (χ2n) is 11.9. The third kappa shape index (κ3) is 4.49. The van der Waals surface area contributed by atoms with Gasteiger partial charge in [0.1, 0.15) is 11.2 Å². The number of allylic oxidation sites excluding steroid dienone is 5. The average Bonchev–Trinajstić information content (AvgIpc) is 3.30. The van der Waals surface area contributed by atoms with Crippen molar-refractivity contribution < 1.29 is 4.79 Å². The number of hydrogen-bond donors (Lipinski definition) is 0. The Balaban J connectivity index is 1.47. The number of carbonyl (C=O) groups excluding carboxylic acids is 1. The second-order valence-corrected chi connectivity index (χ2v) is 13.3. The molecule has 4 heteroatoms. The monoisotopic (exact) mass is 540 g/mol. The molecular weight excluding hydrogens is 496 g/mol. The predicted octanol–water partition coefficient (Wildman–Crippen LogP) is 8.48. The standard InChI is InChI=1S/C35H44N2OS/c1-6-36-30-20-11-10-18-28(30)33(3,4)31(36)21-9-7-13-23-35-34(5,22-12-8-14-25-38)29-19-15-17-27(2)32(29)37(35)24-16-26-39-35/h7,9-11,13,15,17-21,23,25H,6,8,12,14,16,22,24,26H2,1-5H3/b9-7+,23-13-,31-21-. The summed E-state index contributed by atoms with van der Waals surface area (Å²) >= 11 is 2.11. The topological polar surface area (TPSA) is 23.6 Å². The molecule has 2 unspecified atom stereocenters. The Bertz CT molecular complexity index is 1310. The molecular formula is C35H44N2OS. The lowest BCUT2D eigenvalue weighted by atomic mass is 9.73. The molecule has 0 aliphatic carbocycles. The molecule has 0 N–H and O–H groups in total. The molecule has 3 aliphatic heterocycles. The van der Waals surface area contributed by atoms with Gasteiger partial charge in [-0.3, -0.25) is 0 Å². The number of hydrogen-bond acceptors (Lipinski definition) is 4. The van der Waals surface area contributed by atoms with E-state index < -0.39 is 0 Å². The van der Waals surface area contributed by atoms with E-state index >= 15 is 0 Å². The van der Waals surface area contributed by atoms with Crippen LogP contribution in [0.3, 0.4) is 0 Å². The van der Waals surface area contributed by atoms with Gasteiger partial charge in [0.15, 0.2) is 0 Å². The van der Waals surface area contributed by atoms with Gasteiger partial charge >= 0.3 is 0 Å². The summed E-state index contributed by atoms with van der Waals surface area (Å²) in [7, 11) is 0. The Kier molecular flexibility index (Phi) is 7.88. The molecule has 3 heterocycles. The Hall–Kier alpha value is -2.72. The molecule has 0 spiro atoms. The minimum absolute atomic E-state index is 0.0138. The number of nitrogens with zero attached hydrogens (tertiary/aromatic N) is 2. The van der Waals surface area contributed by atoms with Crippen molar-refractivity contribution in [3.8, 4) is 0 Å². The van der Waals surface area contributed by atoms with E-state index in [1.54, 1.807) is 0 Å². The van der Waals surface area contributed by atoms with Gasteiger partial charge in [-0.1, -0.05) is 81.8 Å². The molecule has 0 aromatic heterocycles. The van der Waals surface area contributed by atoms with Crippen molar-refractivity contribution in [2.24, 2.45) is 0 Å². The van der Waals surface area contributed by atoms with E-state index in [1.165, 1.54) is 45.9 Å². The van der Waals surface area contributed by atoms with Crippen LogP contribution in [0.5, 0.6) is 0 Å². The SMILES string of the molecule is CCN1\C(=C/C=C/C=C\C23SCCCN2c2c(C)cccc2C3(C)CCCCC=O)C(C)(C)c2ccccc21. The minimum atomic E-state index is -0.114. The van der Waals surface area contributed by atoms with Gasteiger partial charge in [-0.15, -0.1) is 11.8 Å². The lowest BCUT2D eigenvalue weighted by Crippen LogP contribution is -2.55. The number of carbonyl (C=O) groups is 1. The number of aryl methyl sites for hydroxylation is 1. The van der Waals surface area contributed by atoms with Crippen LogP contribution in [0.2, 0.25) is 0 Å². The molecule has 0 saturated carbocycles. The first kappa shape index (κ1) is 27.8. The Morgan fingerprint density at radius 2 is 1.77 bits per heavy atom. The quantitative estimate of drug-likeness (QED) is 0.181. The molecule has 2 aromatic rings. The zero-order chi connectivity index (χ0) is 27.7. The van der Waals surface area contributed by atoms with Gasteiger partial charge in [0.25, 0.3) is 0 Å². The first-order valence-corrected chi connectivity index (χ1v) is 15.7. The number of unbranched alkanes of at least 4 members (excludes halogenated alkanes) is 2. The third-order valence-corrected chi connectivity index (χ3v) is 11.0. The van der Waals surface area contributed by atoms with Gasteiger partial charge in [-0.2, -0.15) is 0 Å². The molecule has 0 radical (unpaired) electrons. The van der Waals surface area contributed by atoms with E-state index in [4.69, 9.17) is 0 Å². The number of rotatable bonds is 9. The molecule has 3 aliphatic rings. The second kappa shape index (κ2) is 11.0.